The Hall–Kier alpha value is -2.72. The van der Waals surface area contributed by atoms with Gasteiger partial charge in [0, 0.05) is 4.47 Å². The van der Waals surface area contributed by atoms with Gasteiger partial charge in [-0.05, 0) is 59.2 Å². The standard InChI is InChI=1S/C19H18BrN7OS/c1-29-9-8-16(18-22-14-4-2-3-5-15(14)23-18)24-19(28)13-10-12(20)6-7-17(13)27-11-21-25-26-27/h2-7,10-11,16H,8-9H2,1H3,(H,22,23)(H,24,28). The number of fused-ring (bicyclic) bond motifs is 1. The molecule has 8 nitrogen and oxygen atoms in total. The number of hydrogen-bond acceptors (Lipinski definition) is 6. The lowest BCUT2D eigenvalue weighted by Gasteiger charge is -2.17. The molecule has 0 saturated carbocycles. The number of rotatable bonds is 7. The number of aromatic nitrogens is 6. The molecular formula is C19H18BrN7OS. The van der Waals surface area contributed by atoms with Crippen LogP contribution in [0.1, 0.15) is 28.6 Å². The third-order valence-electron chi connectivity index (χ3n) is 4.45. The number of para-hydroxylation sites is 2. The smallest absolute Gasteiger partial charge is 0.254 e. The van der Waals surface area contributed by atoms with Gasteiger partial charge in [-0.2, -0.15) is 16.4 Å². The number of thioether (sulfide) groups is 1. The topological polar surface area (TPSA) is 101 Å². The second-order valence-corrected chi connectivity index (χ2v) is 8.26. The first kappa shape index (κ1) is 19.6. The molecule has 29 heavy (non-hydrogen) atoms. The molecule has 148 valence electrons. The van der Waals surface area contributed by atoms with Gasteiger partial charge >= 0.3 is 0 Å². The van der Waals surface area contributed by atoms with Crippen molar-refractivity contribution in [3.63, 3.8) is 0 Å². The third-order valence-corrected chi connectivity index (χ3v) is 5.59. The highest BCUT2D eigenvalue weighted by atomic mass is 79.9. The Balaban J connectivity index is 1.66. The molecule has 0 fully saturated rings. The van der Waals surface area contributed by atoms with Crippen LogP contribution in [0.2, 0.25) is 0 Å². The van der Waals surface area contributed by atoms with Crippen molar-refractivity contribution in [3.8, 4) is 5.69 Å². The fourth-order valence-corrected chi connectivity index (χ4v) is 3.88. The van der Waals surface area contributed by atoms with Crippen LogP contribution < -0.4 is 5.32 Å². The molecule has 0 aliphatic heterocycles. The van der Waals surface area contributed by atoms with Crippen LogP contribution in [0, 0.1) is 0 Å². The van der Waals surface area contributed by atoms with Crippen LogP contribution in [-0.4, -0.2) is 48.1 Å². The average molecular weight is 472 g/mol. The number of nitrogens with one attached hydrogen (secondary N) is 2. The molecular weight excluding hydrogens is 454 g/mol. The second-order valence-electron chi connectivity index (χ2n) is 6.36. The summed E-state index contributed by atoms with van der Waals surface area (Å²) in [6, 6.07) is 13.0. The van der Waals surface area contributed by atoms with Crippen LogP contribution in [0.3, 0.4) is 0 Å². The Morgan fingerprint density at radius 3 is 2.93 bits per heavy atom. The zero-order valence-corrected chi connectivity index (χ0v) is 17.9. The Bertz CT molecular complexity index is 1100. The van der Waals surface area contributed by atoms with Gasteiger partial charge in [0.2, 0.25) is 0 Å². The number of carbonyl (C=O) groups is 1. The summed E-state index contributed by atoms with van der Waals surface area (Å²) in [5.74, 6) is 1.41. The van der Waals surface area contributed by atoms with Gasteiger partial charge in [0.25, 0.3) is 5.91 Å². The van der Waals surface area contributed by atoms with Crippen LogP contribution in [0.4, 0.5) is 0 Å². The number of benzene rings is 2. The molecule has 1 atom stereocenters. The number of imidazole rings is 1. The van der Waals surface area contributed by atoms with Gasteiger partial charge < -0.3 is 10.3 Å². The highest BCUT2D eigenvalue weighted by Gasteiger charge is 2.22. The normalized spacial score (nSPS) is 12.2. The van der Waals surface area contributed by atoms with Gasteiger partial charge in [0.05, 0.1) is 28.3 Å². The van der Waals surface area contributed by atoms with Gasteiger partial charge in [0.1, 0.15) is 12.2 Å². The van der Waals surface area contributed by atoms with Crippen molar-refractivity contribution in [1.82, 2.24) is 35.5 Å². The van der Waals surface area contributed by atoms with E-state index in [1.807, 2.05) is 36.6 Å². The van der Waals surface area contributed by atoms with E-state index in [9.17, 15) is 4.79 Å². The van der Waals surface area contributed by atoms with Crippen molar-refractivity contribution < 1.29 is 4.79 Å². The molecule has 2 aromatic carbocycles. The molecule has 0 bridgehead atoms. The van der Waals surface area contributed by atoms with E-state index in [0.29, 0.717) is 11.3 Å². The first-order valence-electron chi connectivity index (χ1n) is 8.93. The Kier molecular flexibility index (Phi) is 5.91. The van der Waals surface area contributed by atoms with E-state index in [-0.39, 0.29) is 11.9 Å². The number of halogens is 1. The predicted octanol–water partition coefficient (Wildman–Crippen LogP) is 3.53. The minimum absolute atomic E-state index is 0.219. The first-order valence-corrected chi connectivity index (χ1v) is 11.1. The van der Waals surface area contributed by atoms with E-state index in [2.05, 4.69) is 46.7 Å². The number of carbonyl (C=O) groups excluding carboxylic acids is 1. The van der Waals surface area contributed by atoms with E-state index in [0.717, 1.165) is 33.5 Å². The first-order chi connectivity index (χ1) is 14.2. The Morgan fingerprint density at radius 1 is 1.31 bits per heavy atom. The minimum Gasteiger partial charge on any atom is -0.342 e. The quantitative estimate of drug-likeness (QED) is 0.427. The lowest BCUT2D eigenvalue weighted by Crippen LogP contribution is -2.30. The molecule has 4 rings (SSSR count). The Labute approximate surface area is 179 Å². The molecule has 0 spiro atoms. The van der Waals surface area contributed by atoms with Crippen molar-refractivity contribution >= 4 is 44.6 Å². The van der Waals surface area contributed by atoms with Crippen molar-refractivity contribution in [3.05, 3.63) is 64.7 Å². The third kappa shape index (κ3) is 4.33. The zero-order chi connectivity index (χ0) is 20.2. The van der Waals surface area contributed by atoms with E-state index in [1.165, 1.54) is 11.0 Å². The molecule has 1 unspecified atom stereocenters. The monoisotopic (exact) mass is 471 g/mol. The van der Waals surface area contributed by atoms with Crippen molar-refractivity contribution in [2.75, 3.05) is 12.0 Å². The second kappa shape index (κ2) is 8.75. The molecule has 10 heteroatoms. The SMILES string of the molecule is CSCCC(NC(=O)c1cc(Br)ccc1-n1cnnn1)c1nc2ccccc2[nH]1. The maximum atomic E-state index is 13.2. The number of H-pyrrole nitrogens is 1. The summed E-state index contributed by atoms with van der Waals surface area (Å²) >= 11 is 5.17. The van der Waals surface area contributed by atoms with Gasteiger partial charge in [-0.1, -0.05) is 28.1 Å². The summed E-state index contributed by atoms with van der Waals surface area (Å²) in [5, 5.41) is 14.4. The van der Waals surface area contributed by atoms with E-state index in [4.69, 9.17) is 0 Å². The van der Waals surface area contributed by atoms with E-state index in [1.54, 1.807) is 23.9 Å². The molecule has 2 aromatic heterocycles. The molecule has 2 heterocycles. The van der Waals surface area contributed by atoms with Crippen LogP contribution in [0.15, 0.2) is 53.3 Å². The van der Waals surface area contributed by atoms with Gasteiger partial charge in [-0.15, -0.1) is 5.10 Å². The van der Waals surface area contributed by atoms with Crippen LogP contribution in [-0.2, 0) is 0 Å². The molecule has 4 aromatic rings. The number of amides is 1. The molecule has 0 radical (unpaired) electrons. The summed E-state index contributed by atoms with van der Waals surface area (Å²) in [6.45, 7) is 0. The fourth-order valence-electron chi connectivity index (χ4n) is 3.05. The van der Waals surface area contributed by atoms with Crippen LogP contribution in [0.5, 0.6) is 0 Å². The lowest BCUT2D eigenvalue weighted by molar-refractivity contribution is 0.0934. The number of nitrogens with zero attached hydrogens (tertiary/aromatic N) is 5. The van der Waals surface area contributed by atoms with Crippen molar-refractivity contribution in [1.29, 1.82) is 0 Å². The summed E-state index contributed by atoms with van der Waals surface area (Å²) in [4.78, 5) is 21.2. The fraction of sp³-hybridized carbons (Fsp3) is 0.211. The van der Waals surface area contributed by atoms with Gasteiger partial charge in [-0.25, -0.2) is 4.98 Å². The molecule has 0 saturated heterocycles. The molecule has 2 N–H and O–H groups in total. The van der Waals surface area contributed by atoms with Gasteiger partial charge in [0.15, 0.2) is 0 Å². The minimum atomic E-state index is -0.247. The maximum absolute atomic E-state index is 13.2. The van der Waals surface area contributed by atoms with Crippen LogP contribution >= 0.6 is 27.7 Å². The summed E-state index contributed by atoms with van der Waals surface area (Å²) in [6.07, 6.45) is 4.26. The summed E-state index contributed by atoms with van der Waals surface area (Å²) in [5.41, 5.74) is 2.89. The maximum Gasteiger partial charge on any atom is 0.254 e. The number of hydrogen-bond donors (Lipinski definition) is 2. The largest absolute Gasteiger partial charge is 0.342 e. The lowest BCUT2D eigenvalue weighted by atomic mass is 10.1. The highest BCUT2D eigenvalue weighted by Crippen LogP contribution is 2.23. The predicted molar refractivity (Wildman–Crippen MR) is 116 cm³/mol. The number of aromatic amines is 1. The highest BCUT2D eigenvalue weighted by molar-refractivity contribution is 9.10. The molecule has 1 amide bonds. The molecule has 0 aliphatic rings. The summed E-state index contributed by atoms with van der Waals surface area (Å²) < 4.78 is 2.27. The zero-order valence-electron chi connectivity index (χ0n) is 15.5. The molecule has 0 aliphatic carbocycles. The Morgan fingerprint density at radius 2 is 2.17 bits per heavy atom. The summed E-state index contributed by atoms with van der Waals surface area (Å²) in [7, 11) is 0. The van der Waals surface area contributed by atoms with Crippen LogP contribution in [0.25, 0.3) is 16.7 Å². The van der Waals surface area contributed by atoms with Gasteiger partial charge in [-0.3, -0.25) is 4.79 Å². The van der Waals surface area contributed by atoms with E-state index >= 15 is 0 Å². The van der Waals surface area contributed by atoms with E-state index < -0.39 is 0 Å². The van der Waals surface area contributed by atoms with Crippen molar-refractivity contribution in [2.24, 2.45) is 0 Å². The average Bonchev–Trinajstić information content (AvgIpc) is 3.40. The number of tetrazole rings is 1. The van der Waals surface area contributed by atoms with Crippen molar-refractivity contribution in [2.45, 2.75) is 12.5 Å².